The topological polar surface area (TPSA) is 74.6 Å². The first-order valence-electron chi connectivity index (χ1n) is 2.56. The number of hydrogen-bond acceptors (Lipinski definition) is 2. The smallest absolute Gasteiger partial charge is 0.303 e. The van der Waals surface area contributed by atoms with E-state index in [9.17, 15) is 9.59 Å². The van der Waals surface area contributed by atoms with Crippen molar-refractivity contribution in [2.24, 2.45) is 0 Å². The number of aliphatic carboxylic acids is 2. The molecule has 0 aromatic heterocycles. The molecule has 0 fully saturated rings. The van der Waals surface area contributed by atoms with Gasteiger partial charge in [-0.25, -0.2) is 0 Å². The molecule has 5 heteroatoms. The molecule has 0 amide bonds. The fraction of sp³-hybridized carbons (Fsp3) is 0.600. The second-order valence-corrected chi connectivity index (χ2v) is 1.64. The second kappa shape index (κ2) is 6.55. The summed E-state index contributed by atoms with van der Waals surface area (Å²) < 4.78 is 0. The summed E-state index contributed by atoms with van der Waals surface area (Å²) in [4.78, 5) is 19.6. The summed E-state index contributed by atoms with van der Waals surface area (Å²) in [5.74, 6) is -1.90. The van der Waals surface area contributed by atoms with Gasteiger partial charge in [-0.1, -0.05) is 0 Å². The zero-order chi connectivity index (χ0) is 7.28. The van der Waals surface area contributed by atoms with Gasteiger partial charge < -0.3 is 10.2 Å². The average Bonchev–Trinajstić information content (AvgIpc) is 1.63. The van der Waals surface area contributed by atoms with E-state index in [4.69, 9.17) is 10.2 Å². The Morgan fingerprint density at radius 1 is 1.00 bits per heavy atom. The predicted molar refractivity (Wildman–Crippen MR) is 29.1 cm³/mol. The summed E-state index contributed by atoms with van der Waals surface area (Å²) in [5, 5.41) is 16.1. The van der Waals surface area contributed by atoms with Gasteiger partial charge in [-0.05, 0) is 6.42 Å². The van der Waals surface area contributed by atoms with Crippen molar-refractivity contribution in [3.05, 3.63) is 0 Å². The maximum atomic E-state index is 9.79. The summed E-state index contributed by atoms with van der Waals surface area (Å²) in [6, 6.07) is 0. The molecule has 0 saturated carbocycles. The van der Waals surface area contributed by atoms with E-state index in [2.05, 4.69) is 0 Å². The third kappa shape index (κ3) is 10.4. The molecule has 0 aliphatic heterocycles. The largest absolute Gasteiger partial charge is 0.481 e. The van der Waals surface area contributed by atoms with Crippen LogP contribution in [0.1, 0.15) is 19.3 Å². The molecule has 0 atom stereocenters. The SMILES string of the molecule is O=C(O)CCCC(=O)O.[Ni]. The molecular formula is C5H8NiO4. The van der Waals surface area contributed by atoms with E-state index in [1.807, 2.05) is 0 Å². The van der Waals surface area contributed by atoms with Crippen molar-refractivity contribution in [2.75, 3.05) is 0 Å². The molecule has 0 aliphatic carbocycles. The van der Waals surface area contributed by atoms with Crippen LogP contribution in [-0.4, -0.2) is 22.2 Å². The zero-order valence-corrected chi connectivity index (χ0v) is 6.14. The van der Waals surface area contributed by atoms with Crippen molar-refractivity contribution in [1.29, 1.82) is 0 Å². The normalized spacial score (nSPS) is 8.00. The molecule has 0 aromatic carbocycles. The molecule has 0 saturated heterocycles. The van der Waals surface area contributed by atoms with E-state index in [1.54, 1.807) is 0 Å². The molecule has 0 aliphatic rings. The standard InChI is InChI=1S/C5H8O4.Ni/c6-4(7)2-1-3-5(8)9;/h1-3H2,(H,6,7)(H,8,9);. The van der Waals surface area contributed by atoms with Crippen molar-refractivity contribution in [1.82, 2.24) is 0 Å². The number of carboxylic acid groups (broad SMARTS) is 2. The molecule has 0 bridgehead atoms. The van der Waals surface area contributed by atoms with Crippen LogP contribution in [0.15, 0.2) is 0 Å². The Bertz CT molecular complexity index is 109. The van der Waals surface area contributed by atoms with E-state index in [0.717, 1.165) is 0 Å². The minimum Gasteiger partial charge on any atom is -0.481 e. The Morgan fingerprint density at radius 3 is 1.50 bits per heavy atom. The number of hydrogen-bond donors (Lipinski definition) is 2. The summed E-state index contributed by atoms with van der Waals surface area (Å²) in [6.45, 7) is 0. The third-order valence-electron chi connectivity index (χ3n) is 0.781. The van der Waals surface area contributed by atoms with Crippen LogP contribution in [0.4, 0.5) is 0 Å². The Kier molecular flexibility index (Phi) is 7.96. The van der Waals surface area contributed by atoms with Crippen LogP contribution in [0.3, 0.4) is 0 Å². The predicted octanol–water partition coefficient (Wildman–Crippen LogP) is 0.323. The van der Waals surface area contributed by atoms with Gasteiger partial charge in [0.2, 0.25) is 0 Å². The first-order valence-corrected chi connectivity index (χ1v) is 2.56. The molecule has 0 heterocycles. The number of rotatable bonds is 4. The van der Waals surface area contributed by atoms with E-state index in [0.29, 0.717) is 0 Å². The van der Waals surface area contributed by atoms with Crippen molar-refractivity contribution < 1.29 is 36.3 Å². The summed E-state index contributed by atoms with van der Waals surface area (Å²) in [6.07, 6.45) is 0.0866. The van der Waals surface area contributed by atoms with Crippen molar-refractivity contribution in [2.45, 2.75) is 19.3 Å². The van der Waals surface area contributed by atoms with Crippen LogP contribution in [0.2, 0.25) is 0 Å². The molecule has 2 N–H and O–H groups in total. The second-order valence-electron chi connectivity index (χ2n) is 1.64. The van der Waals surface area contributed by atoms with Gasteiger partial charge in [0.1, 0.15) is 0 Å². The molecule has 0 spiro atoms. The zero-order valence-electron chi connectivity index (χ0n) is 5.15. The van der Waals surface area contributed by atoms with Gasteiger partial charge in [0.05, 0.1) is 0 Å². The first kappa shape index (κ1) is 12.1. The van der Waals surface area contributed by atoms with Gasteiger partial charge in [0.15, 0.2) is 0 Å². The molecule has 0 radical (unpaired) electrons. The van der Waals surface area contributed by atoms with Gasteiger partial charge in [-0.2, -0.15) is 0 Å². The van der Waals surface area contributed by atoms with E-state index >= 15 is 0 Å². The van der Waals surface area contributed by atoms with Gasteiger partial charge in [-0.15, -0.1) is 0 Å². The molecule has 4 nitrogen and oxygen atoms in total. The van der Waals surface area contributed by atoms with Crippen molar-refractivity contribution in [3.8, 4) is 0 Å². The van der Waals surface area contributed by atoms with Gasteiger partial charge in [0.25, 0.3) is 0 Å². The quantitative estimate of drug-likeness (QED) is 0.627. The Hall–Kier alpha value is -0.566. The number of carbonyl (C=O) groups is 2. The van der Waals surface area contributed by atoms with Crippen LogP contribution >= 0.6 is 0 Å². The van der Waals surface area contributed by atoms with E-state index in [1.165, 1.54) is 0 Å². The minimum atomic E-state index is -0.948. The summed E-state index contributed by atoms with van der Waals surface area (Å²) in [7, 11) is 0. The van der Waals surface area contributed by atoms with Crippen molar-refractivity contribution in [3.63, 3.8) is 0 Å². The first-order chi connectivity index (χ1) is 4.13. The van der Waals surface area contributed by atoms with Gasteiger partial charge in [0, 0.05) is 29.3 Å². The van der Waals surface area contributed by atoms with E-state index < -0.39 is 11.9 Å². The molecule has 0 unspecified atom stereocenters. The van der Waals surface area contributed by atoms with Crippen LogP contribution in [0.25, 0.3) is 0 Å². The summed E-state index contributed by atoms with van der Waals surface area (Å²) in [5.41, 5.74) is 0. The van der Waals surface area contributed by atoms with Crippen LogP contribution in [0, 0.1) is 0 Å². The number of carboxylic acids is 2. The average molecular weight is 191 g/mol. The maximum Gasteiger partial charge on any atom is 0.303 e. The molecule has 0 rings (SSSR count). The minimum absolute atomic E-state index is 0. The molecular weight excluding hydrogens is 183 g/mol. The van der Waals surface area contributed by atoms with Crippen LogP contribution in [-0.2, 0) is 26.1 Å². The van der Waals surface area contributed by atoms with E-state index in [-0.39, 0.29) is 35.8 Å². The fourth-order valence-electron chi connectivity index (χ4n) is 0.391. The summed E-state index contributed by atoms with van der Waals surface area (Å²) >= 11 is 0. The third-order valence-corrected chi connectivity index (χ3v) is 0.781. The molecule has 10 heavy (non-hydrogen) atoms. The Balaban J connectivity index is 0. The maximum absolute atomic E-state index is 9.79. The fourth-order valence-corrected chi connectivity index (χ4v) is 0.391. The Morgan fingerprint density at radius 2 is 1.30 bits per heavy atom. The van der Waals surface area contributed by atoms with Gasteiger partial charge >= 0.3 is 11.9 Å². The monoisotopic (exact) mass is 190 g/mol. The van der Waals surface area contributed by atoms with Crippen LogP contribution in [0.5, 0.6) is 0 Å². The molecule has 0 aromatic rings. The van der Waals surface area contributed by atoms with Crippen molar-refractivity contribution >= 4 is 11.9 Å². The van der Waals surface area contributed by atoms with Crippen LogP contribution < -0.4 is 0 Å². The Labute approximate surface area is 68.2 Å². The molecule has 62 valence electrons. The van der Waals surface area contributed by atoms with Gasteiger partial charge in [-0.3, -0.25) is 9.59 Å².